The van der Waals surface area contributed by atoms with Gasteiger partial charge in [-0.05, 0) is 5.56 Å². The van der Waals surface area contributed by atoms with Crippen LogP contribution < -0.4 is 5.32 Å². The fourth-order valence-corrected chi connectivity index (χ4v) is 2.87. The van der Waals surface area contributed by atoms with Crippen LogP contribution in [-0.2, 0) is 4.74 Å². The molecule has 0 spiro atoms. The predicted octanol–water partition coefficient (Wildman–Crippen LogP) is 3.44. The van der Waals surface area contributed by atoms with Crippen molar-refractivity contribution >= 4 is 47.2 Å². The van der Waals surface area contributed by atoms with Crippen LogP contribution in [0.15, 0.2) is 30.3 Å². The molecule has 0 amide bonds. The monoisotopic (exact) mass is 372 g/mol. The molecule has 21 heavy (non-hydrogen) atoms. The maximum Gasteiger partial charge on any atom is 0.209 e. The van der Waals surface area contributed by atoms with Gasteiger partial charge in [0.2, 0.25) is 3.79 Å². The summed E-state index contributed by atoms with van der Waals surface area (Å²) in [6.07, 6.45) is 0. The van der Waals surface area contributed by atoms with E-state index in [1.807, 2.05) is 30.3 Å². The Morgan fingerprint density at radius 2 is 1.76 bits per heavy atom. The Bertz CT molecular complexity index is 394. The zero-order valence-electron chi connectivity index (χ0n) is 11.6. The van der Waals surface area contributed by atoms with Crippen molar-refractivity contribution < 1.29 is 4.74 Å². The van der Waals surface area contributed by atoms with E-state index in [1.54, 1.807) is 0 Å². The Balaban J connectivity index is 0.00000220. The second-order valence-corrected chi connectivity index (χ2v) is 7.16. The van der Waals surface area contributed by atoms with Crippen molar-refractivity contribution in [1.82, 2.24) is 10.2 Å². The molecule has 1 saturated heterocycles. The summed E-state index contributed by atoms with van der Waals surface area (Å²) < 4.78 is 3.96. The lowest BCUT2D eigenvalue weighted by molar-refractivity contribution is 0.0381. The van der Waals surface area contributed by atoms with Crippen molar-refractivity contribution in [3.63, 3.8) is 0 Å². The highest BCUT2D eigenvalue weighted by atomic mass is 35.6. The van der Waals surface area contributed by atoms with E-state index >= 15 is 0 Å². The molecule has 1 aliphatic rings. The number of halogens is 4. The third-order valence-electron chi connectivity index (χ3n) is 3.34. The van der Waals surface area contributed by atoms with Gasteiger partial charge in [0.1, 0.15) is 0 Å². The second kappa shape index (κ2) is 9.41. The summed E-state index contributed by atoms with van der Waals surface area (Å²) in [6, 6.07) is 9.47. The maximum atomic E-state index is 6.09. The van der Waals surface area contributed by atoms with Gasteiger partial charge in [0.25, 0.3) is 0 Å². The van der Waals surface area contributed by atoms with Gasteiger partial charge in [-0.25, -0.2) is 0 Å². The first-order valence-corrected chi connectivity index (χ1v) is 7.86. The number of ether oxygens (including phenoxy) is 1. The standard InChI is InChI=1S/C14H19Cl3N2O.ClH/c15-14(16,17)13(12-4-2-1-3-5-12)18-6-7-19-8-10-20-11-9-19;/h1-5,13,18H,6-11H2;1H. The van der Waals surface area contributed by atoms with Gasteiger partial charge in [0.05, 0.1) is 19.3 Å². The molecule has 1 atom stereocenters. The predicted molar refractivity (Wildman–Crippen MR) is 92.0 cm³/mol. The highest BCUT2D eigenvalue weighted by Crippen LogP contribution is 2.39. The third-order valence-corrected chi connectivity index (χ3v) is 4.00. The average molecular weight is 374 g/mol. The second-order valence-electron chi connectivity index (χ2n) is 4.79. The Kier molecular flexibility index (Phi) is 8.65. The largest absolute Gasteiger partial charge is 0.379 e. The highest BCUT2D eigenvalue weighted by molar-refractivity contribution is 6.68. The SMILES string of the molecule is Cl.ClC(Cl)(Cl)C(NCCN1CCOCC1)c1ccccc1. The lowest BCUT2D eigenvalue weighted by Crippen LogP contribution is -2.42. The molecule has 1 fully saturated rings. The first-order chi connectivity index (χ1) is 9.57. The molecule has 0 saturated carbocycles. The summed E-state index contributed by atoms with van der Waals surface area (Å²) in [6.45, 7) is 5.22. The summed E-state index contributed by atoms with van der Waals surface area (Å²) in [7, 11) is 0. The van der Waals surface area contributed by atoms with Gasteiger partial charge < -0.3 is 10.1 Å². The van der Waals surface area contributed by atoms with Gasteiger partial charge >= 0.3 is 0 Å². The molecular weight excluding hydrogens is 354 g/mol. The number of hydrogen-bond donors (Lipinski definition) is 1. The molecule has 7 heteroatoms. The van der Waals surface area contributed by atoms with Gasteiger partial charge in [-0.1, -0.05) is 65.1 Å². The first-order valence-electron chi connectivity index (χ1n) is 6.72. The number of nitrogens with zero attached hydrogens (tertiary/aromatic N) is 1. The molecule has 1 unspecified atom stereocenters. The molecule has 0 aliphatic carbocycles. The minimum atomic E-state index is -1.37. The van der Waals surface area contributed by atoms with E-state index in [9.17, 15) is 0 Å². The molecule has 0 aromatic heterocycles. The van der Waals surface area contributed by atoms with E-state index in [0.29, 0.717) is 0 Å². The molecular formula is C14H20Cl4N2O. The molecule has 120 valence electrons. The summed E-state index contributed by atoms with van der Waals surface area (Å²) in [5.41, 5.74) is 0.981. The Morgan fingerprint density at radius 3 is 2.33 bits per heavy atom. The van der Waals surface area contributed by atoms with Crippen molar-refractivity contribution in [3.8, 4) is 0 Å². The average Bonchev–Trinajstić information content (AvgIpc) is 2.44. The number of hydrogen-bond acceptors (Lipinski definition) is 3. The van der Waals surface area contributed by atoms with Crippen molar-refractivity contribution in [2.75, 3.05) is 39.4 Å². The van der Waals surface area contributed by atoms with Crippen LogP contribution in [0, 0.1) is 0 Å². The van der Waals surface area contributed by atoms with E-state index in [4.69, 9.17) is 39.5 Å². The number of nitrogens with one attached hydrogen (secondary N) is 1. The molecule has 1 aromatic rings. The normalized spacial score (nSPS) is 18.0. The molecule has 1 aromatic carbocycles. The van der Waals surface area contributed by atoms with Crippen molar-refractivity contribution in [1.29, 1.82) is 0 Å². The lowest BCUT2D eigenvalue weighted by atomic mass is 10.1. The molecule has 1 heterocycles. The molecule has 1 aliphatic heterocycles. The van der Waals surface area contributed by atoms with Crippen molar-refractivity contribution in [2.45, 2.75) is 9.83 Å². The Hall–Kier alpha value is 0.260. The van der Waals surface area contributed by atoms with Crippen LogP contribution in [0.3, 0.4) is 0 Å². The van der Waals surface area contributed by atoms with Crippen LogP contribution in [0.5, 0.6) is 0 Å². The molecule has 0 bridgehead atoms. The lowest BCUT2D eigenvalue weighted by Gasteiger charge is -2.30. The van der Waals surface area contributed by atoms with Crippen LogP contribution in [0.2, 0.25) is 0 Å². The molecule has 3 nitrogen and oxygen atoms in total. The van der Waals surface area contributed by atoms with Crippen LogP contribution in [-0.4, -0.2) is 48.1 Å². The summed E-state index contributed by atoms with van der Waals surface area (Å²) in [5, 5.41) is 3.34. The number of benzene rings is 1. The zero-order chi connectivity index (χ0) is 14.4. The Labute approximate surface area is 147 Å². The van der Waals surface area contributed by atoms with Gasteiger partial charge in [-0.15, -0.1) is 12.4 Å². The topological polar surface area (TPSA) is 24.5 Å². The van der Waals surface area contributed by atoms with Crippen molar-refractivity contribution in [2.24, 2.45) is 0 Å². The first kappa shape index (κ1) is 19.3. The fourth-order valence-electron chi connectivity index (χ4n) is 2.26. The molecule has 2 rings (SSSR count). The molecule has 1 N–H and O–H groups in total. The number of rotatable bonds is 5. The Morgan fingerprint density at radius 1 is 1.14 bits per heavy atom. The van der Waals surface area contributed by atoms with Crippen molar-refractivity contribution in [3.05, 3.63) is 35.9 Å². The fraction of sp³-hybridized carbons (Fsp3) is 0.571. The summed E-state index contributed by atoms with van der Waals surface area (Å²) in [4.78, 5) is 2.34. The van der Waals surface area contributed by atoms with E-state index in [2.05, 4.69) is 10.2 Å². The van der Waals surface area contributed by atoms with E-state index < -0.39 is 3.79 Å². The quantitative estimate of drug-likeness (QED) is 0.800. The summed E-state index contributed by atoms with van der Waals surface area (Å²) in [5.74, 6) is 0. The van der Waals surface area contributed by atoms with Crippen LogP contribution >= 0.6 is 47.2 Å². The summed E-state index contributed by atoms with van der Waals surface area (Å²) >= 11 is 18.3. The third kappa shape index (κ3) is 6.49. The smallest absolute Gasteiger partial charge is 0.209 e. The zero-order valence-corrected chi connectivity index (χ0v) is 14.7. The molecule has 0 radical (unpaired) electrons. The number of alkyl halides is 3. The van der Waals surface area contributed by atoms with Gasteiger partial charge in [0, 0.05) is 26.2 Å². The minimum Gasteiger partial charge on any atom is -0.379 e. The van der Waals surface area contributed by atoms with Gasteiger partial charge in [-0.3, -0.25) is 4.90 Å². The van der Waals surface area contributed by atoms with Crippen LogP contribution in [0.1, 0.15) is 11.6 Å². The highest BCUT2D eigenvalue weighted by Gasteiger charge is 2.33. The van der Waals surface area contributed by atoms with Gasteiger partial charge in [0.15, 0.2) is 0 Å². The van der Waals surface area contributed by atoms with Crippen LogP contribution in [0.25, 0.3) is 0 Å². The van der Waals surface area contributed by atoms with Crippen LogP contribution in [0.4, 0.5) is 0 Å². The van der Waals surface area contributed by atoms with E-state index in [-0.39, 0.29) is 18.4 Å². The van der Waals surface area contributed by atoms with E-state index in [0.717, 1.165) is 45.0 Å². The van der Waals surface area contributed by atoms with E-state index in [1.165, 1.54) is 0 Å². The minimum absolute atomic E-state index is 0. The maximum absolute atomic E-state index is 6.09. The van der Waals surface area contributed by atoms with Gasteiger partial charge in [-0.2, -0.15) is 0 Å². The number of morpholine rings is 1.